The molecule has 0 radical (unpaired) electrons. The van der Waals surface area contributed by atoms with Gasteiger partial charge in [-0.3, -0.25) is 9.59 Å². The minimum atomic E-state index is -0.739. The van der Waals surface area contributed by atoms with E-state index >= 15 is 0 Å². The van der Waals surface area contributed by atoms with Gasteiger partial charge in [-0.25, -0.2) is 4.39 Å². The molecule has 0 aromatic heterocycles. The van der Waals surface area contributed by atoms with Crippen molar-refractivity contribution in [3.8, 4) is 0 Å². The molecule has 23 heavy (non-hydrogen) atoms. The van der Waals surface area contributed by atoms with Crippen LogP contribution in [0.25, 0.3) is 0 Å². The number of nitrogens with one attached hydrogen (secondary N) is 1. The number of benzene rings is 2. The van der Waals surface area contributed by atoms with Gasteiger partial charge in [0.15, 0.2) is 0 Å². The first-order valence-electron chi connectivity index (χ1n) is 7.48. The Hall–Kier alpha value is -2.69. The van der Waals surface area contributed by atoms with Gasteiger partial charge in [0.05, 0.1) is 5.56 Å². The van der Waals surface area contributed by atoms with Gasteiger partial charge in [0.2, 0.25) is 5.91 Å². The van der Waals surface area contributed by atoms with E-state index in [-0.39, 0.29) is 11.5 Å². The second kappa shape index (κ2) is 6.20. The van der Waals surface area contributed by atoms with Gasteiger partial charge in [0.25, 0.3) is 5.91 Å². The van der Waals surface area contributed by atoms with Gasteiger partial charge < -0.3 is 10.2 Å². The van der Waals surface area contributed by atoms with Gasteiger partial charge in [-0.1, -0.05) is 36.4 Å². The van der Waals surface area contributed by atoms with Crippen LogP contribution in [0.2, 0.25) is 0 Å². The first-order valence-corrected chi connectivity index (χ1v) is 7.48. The molecule has 5 heteroatoms. The largest absolute Gasteiger partial charge is 0.352 e. The lowest BCUT2D eigenvalue weighted by atomic mass is 9.97. The number of piperazine rings is 1. The Balaban J connectivity index is 2.02. The lowest BCUT2D eigenvalue weighted by molar-refractivity contribution is -0.128. The van der Waals surface area contributed by atoms with Crippen LogP contribution in [-0.4, -0.2) is 29.8 Å². The fraction of sp³-hybridized carbons (Fsp3) is 0.222. The molecule has 1 saturated heterocycles. The molecule has 1 atom stereocenters. The monoisotopic (exact) mass is 312 g/mol. The minimum absolute atomic E-state index is 0.0132. The van der Waals surface area contributed by atoms with E-state index in [4.69, 9.17) is 0 Å². The average molecular weight is 312 g/mol. The van der Waals surface area contributed by atoms with Crippen LogP contribution in [0.1, 0.15) is 27.5 Å². The fourth-order valence-electron chi connectivity index (χ4n) is 2.88. The number of halogens is 1. The molecule has 1 unspecified atom stereocenters. The second-order valence-electron chi connectivity index (χ2n) is 5.53. The van der Waals surface area contributed by atoms with Crippen LogP contribution in [0.3, 0.4) is 0 Å². The molecule has 2 amide bonds. The number of amides is 2. The van der Waals surface area contributed by atoms with Crippen LogP contribution in [0, 0.1) is 12.7 Å². The van der Waals surface area contributed by atoms with Gasteiger partial charge in [-0.2, -0.15) is 0 Å². The van der Waals surface area contributed by atoms with Gasteiger partial charge >= 0.3 is 0 Å². The number of hydrogen-bond donors (Lipinski definition) is 1. The summed E-state index contributed by atoms with van der Waals surface area (Å²) in [6.07, 6.45) is 0. The quantitative estimate of drug-likeness (QED) is 0.926. The third kappa shape index (κ3) is 2.82. The van der Waals surface area contributed by atoms with Crippen LogP contribution in [0.4, 0.5) is 4.39 Å². The normalized spacial score (nSPS) is 17.7. The van der Waals surface area contributed by atoms with Crippen LogP contribution in [0.15, 0.2) is 48.5 Å². The van der Waals surface area contributed by atoms with E-state index in [1.54, 1.807) is 6.07 Å². The highest BCUT2D eigenvalue weighted by Gasteiger charge is 2.36. The van der Waals surface area contributed by atoms with Crippen LogP contribution < -0.4 is 5.32 Å². The van der Waals surface area contributed by atoms with Crippen LogP contribution >= 0.6 is 0 Å². The van der Waals surface area contributed by atoms with Crippen molar-refractivity contribution in [1.82, 2.24) is 10.2 Å². The highest BCUT2D eigenvalue weighted by atomic mass is 19.1. The van der Waals surface area contributed by atoms with E-state index in [0.717, 1.165) is 11.1 Å². The number of carbonyl (C=O) groups excluding carboxylic acids is 2. The number of carbonyl (C=O) groups is 2. The van der Waals surface area contributed by atoms with Crippen molar-refractivity contribution in [3.63, 3.8) is 0 Å². The molecule has 2 aromatic carbocycles. The van der Waals surface area contributed by atoms with Crippen molar-refractivity contribution >= 4 is 11.8 Å². The third-order valence-corrected chi connectivity index (χ3v) is 4.06. The topological polar surface area (TPSA) is 49.4 Å². The Bertz CT molecular complexity index is 760. The molecular weight excluding hydrogens is 295 g/mol. The fourth-order valence-corrected chi connectivity index (χ4v) is 2.88. The Labute approximate surface area is 133 Å². The number of hydrogen-bond acceptors (Lipinski definition) is 2. The Morgan fingerprint density at radius 2 is 1.87 bits per heavy atom. The Morgan fingerprint density at radius 1 is 1.17 bits per heavy atom. The predicted molar refractivity (Wildman–Crippen MR) is 84.4 cm³/mol. The molecule has 1 fully saturated rings. The molecule has 1 aliphatic rings. The molecule has 0 bridgehead atoms. The van der Waals surface area contributed by atoms with E-state index in [2.05, 4.69) is 5.32 Å². The SMILES string of the molecule is Cc1ccccc1C1C(=O)NCCN1C(=O)c1ccccc1F. The molecule has 4 nitrogen and oxygen atoms in total. The van der Waals surface area contributed by atoms with Gasteiger partial charge in [-0.05, 0) is 30.2 Å². The van der Waals surface area contributed by atoms with Crippen molar-refractivity contribution in [2.75, 3.05) is 13.1 Å². The zero-order valence-electron chi connectivity index (χ0n) is 12.8. The van der Waals surface area contributed by atoms with Gasteiger partial charge in [0, 0.05) is 13.1 Å². The predicted octanol–water partition coefficient (Wildman–Crippen LogP) is 2.45. The summed E-state index contributed by atoms with van der Waals surface area (Å²) in [4.78, 5) is 26.6. The van der Waals surface area contributed by atoms with E-state index < -0.39 is 17.8 Å². The summed E-state index contributed by atoms with van der Waals surface area (Å²) in [5.74, 6) is -1.28. The maximum absolute atomic E-state index is 14.0. The van der Waals surface area contributed by atoms with Gasteiger partial charge in [-0.15, -0.1) is 0 Å². The van der Waals surface area contributed by atoms with Gasteiger partial charge in [0.1, 0.15) is 11.9 Å². The molecule has 2 aromatic rings. The Morgan fingerprint density at radius 3 is 2.61 bits per heavy atom. The maximum atomic E-state index is 14.0. The summed E-state index contributed by atoms with van der Waals surface area (Å²) >= 11 is 0. The molecule has 1 aliphatic heterocycles. The molecule has 0 aliphatic carbocycles. The second-order valence-corrected chi connectivity index (χ2v) is 5.53. The standard InChI is InChI=1S/C18H17FN2O2/c1-12-6-2-3-7-13(12)16-17(22)20-10-11-21(16)18(23)14-8-4-5-9-15(14)19/h2-9,16H,10-11H2,1H3,(H,20,22). The van der Waals surface area contributed by atoms with Crippen molar-refractivity contribution in [2.24, 2.45) is 0 Å². The summed E-state index contributed by atoms with van der Waals surface area (Å²) in [5, 5.41) is 2.78. The molecular formula is C18H17FN2O2. The van der Waals surface area contributed by atoms with Crippen molar-refractivity contribution in [3.05, 3.63) is 71.0 Å². The van der Waals surface area contributed by atoms with E-state index in [1.807, 2.05) is 31.2 Å². The number of aryl methyl sites for hydroxylation is 1. The smallest absolute Gasteiger partial charge is 0.257 e. The third-order valence-electron chi connectivity index (χ3n) is 4.06. The summed E-state index contributed by atoms with van der Waals surface area (Å²) in [7, 11) is 0. The summed E-state index contributed by atoms with van der Waals surface area (Å²) in [6, 6.07) is 12.5. The summed E-state index contributed by atoms with van der Waals surface area (Å²) in [6.45, 7) is 2.60. The molecule has 0 spiro atoms. The average Bonchev–Trinajstić information content (AvgIpc) is 2.55. The molecule has 1 heterocycles. The van der Waals surface area contributed by atoms with Crippen LogP contribution in [0.5, 0.6) is 0 Å². The molecule has 3 rings (SSSR count). The van der Waals surface area contributed by atoms with E-state index in [1.165, 1.54) is 23.1 Å². The molecule has 0 saturated carbocycles. The molecule has 118 valence electrons. The minimum Gasteiger partial charge on any atom is -0.352 e. The summed E-state index contributed by atoms with van der Waals surface area (Å²) in [5.41, 5.74) is 1.66. The number of nitrogens with zero attached hydrogens (tertiary/aromatic N) is 1. The zero-order valence-corrected chi connectivity index (χ0v) is 12.8. The lowest BCUT2D eigenvalue weighted by Gasteiger charge is -2.36. The lowest BCUT2D eigenvalue weighted by Crippen LogP contribution is -2.52. The molecule has 1 N–H and O–H groups in total. The Kier molecular flexibility index (Phi) is 4.10. The highest BCUT2D eigenvalue weighted by Crippen LogP contribution is 2.28. The highest BCUT2D eigenvalue weighted by molar-refractivity contribution is 5.98. The first-order chi connectivity index (χ1) is 11.1. The number of rotatable bonds is 2. The van der Waals surface area contributed by atoms with Crippen LogP contribution in [-0.2, 0) is 4.79 Å². The van der Waals surface area contributed by atoms with E-state index in [9.17, 15) is 14.0 Å². The maximum Gasteiger partial charge on any atom is 0.257 e. The van der Waals surface area contributed by atoms with E-state index in [0.29, 0.717) is 13.1 Å². The summed E-state index contributed by atoms with van der Waals surface area (Å²) < 4.78 is 14.0. The van der Waals surface area contributed by atoms with Crippen molar-refractivity contribution in [2.45, 2.75) is 13.0 Å². The zero-order chi connectivity index (χ0) is 16.4. The first kappa shape index (κ1) is 15.2. The van der Waals surface area contributed by atoms with Crippen molar-refractivity contribution < 1.29 is 14.0 Å². The van der Waals surface area contributed by atoms with Crippen molar-refractivity contribution in [1.29, 1.82) is 0 Å².